The minimum Gasteiger partial charge on any atom is -0.493 e. The molecule has 1 heterocycles. The molecule has 4 aliphatic rings. The maximum Gasteiger partial charge on any atom is 0.223 e. The Morgan fingerprint density at radius 3 is 2.81 bits per heavy atom. The summed E-state index contributed by atoms with van der Waals surface area (Å²) in [4.78, 5) is 25.3. The molecular formula is C21H25NO5. The predicted molar refractivity (Wildman–Crippen MR) is 96.9 cm³/mol. The molecule has 4 atom stereocenters. The van der Waals surface area contributed by atoms with Gasteiger partial charge in [0.1, 0.15) is 0 Å². The first kappa shape index (κ1) is 17.0. The number of carbonyl (C=O) groups excluding carboxylic acids is 2. The van der Waals surface area contributed by atoms with E-state index in [0.717, 1.165) is 30.4 Å². The number of nitrogens with one attached hydrogen (secondary N) is 1. The van der Waals surface area contributed by atoms with Crippen molar-refractivity contribution in [3.8, 4) is 11.5 Å². The van der Waals surface area contributed by atoms with Crippen molar-refractivity contribution in [2.75, 3.05) is 7.11 Å². The lowest BCUT2D eigenvalue weighted by molar-refractivity contribution is -0.157. The fourth-order valence-corrected chi connectivity index (χ4v) is 5.58. The highest BCUT2D eigenvalue weighted by Gasteiger charge is 2.69. The van der Waals surface area contributed by atoms with Gasteiger partial charge in [0.05, 0.1) is 24.2 Å². The zero-order chi connectivity index (χ0) is 19.0. The minimum absolute atomic E-state index is 0.00246. The SMILES string of the molecule is COc1ccc2c3c1O[C@@H]1C(=O)CC[C@](O)(C(NC(=O)C4CCC4)C2)C31C. The lowest BCUT2D eigenvalue weighted by atomic mass is 9.53. The van der Waals surface area contributed by atoms with Crippen LogP contribution in [0.3, 0.4) is 0 Å². The second kappa shape index (κ2) is 5.47. The second-order valence-corrected chi connectivity index (χ2v) is 8.62. The van der Waals surface area contributed by atoms with Gasteiger partial charge in [0.2, 0.25) is 5.91 Å². The van der Waals surface area contributed by atoms with Crippen LogP contribution in [0.25, 0.3) is 0 Å². The normalized spacial score (nSPS) is 36.5. The Bertz CT molecular complexity index is 847. The molecule has 27 heavy (non-hydrogen) atoms. The number of hydrogen-bond acceptors (Lipinski definition) is 5. The highest BCUT2D eigenvalue weighted by Crippen LogP contribution is 2.61. The fraction of sp³-hybridized carbons (Fsp3) is 0.619. The number of ether oxygens (including phenoxy) is 2. The van der Waals surface area contributed by atoms with Crippen LogP contribution in [0, 0.1) is 5.92 Å². The average Bonchev–Trinajstić information content (AvgIpc) is 2.92. The molecule has 1 aromatic carbocycles. The molecule has 2 unspecified atom stereocenters. The molecule has 0 spiro atoms. The predicted octanol–water partition coefficient (Wildman–Crippen LogP) is 1.65. The van der Waals surface area contributed by atoms with E-state index in [0.29, 0.717) is 24.3 Å². The average molecular weight is 371 g/mol. The van der Waals surface area contributed by atoms with Crippen molar-refractivity contribution in [1.82, 2.24) is 5.32 Å². The van der Waals surface area contributed by atoms with Gasteiger partial charge in [-0.3, -0.25) is 9.59 Å². The van der Waals surface area contributed by atoms with Crippen LogP contribution in [0.15, 0.2) is 12.1 Å². The summed E-state index contributed by atoms with van der Waals surface area (Å²) < 4.78 is 11.5. The van der Waals surface area contributed by atoms with Gasteiger partial charge in [-0.2, -0.15) is 0 Å². The highest BCUT2D eigenvalue weighted by atomic mass is 16.5. The van der Waals surface area contributed by atoms with Crippen molar-refractivity contribution < 1.29 is 24.2 Å². The van der Waals surface area contributed by atoms with E-state index < -0.39 is 23.2 Å². The summed E-state index contributed by atoms with van der Waals surface area (Å²) in [6, 6.07) is 3.38. The lowest BCUT2D eigenvalue weighted by Crippen LogP contribution is -2.72. The Balaban J connectivity index is 1.63. The van der Waals surface area contributed by atoms with Crippen LogP contribution in [0.5, 0.6) is 11.5 Å². The van der Waals surface area contributed by atoms with Gasteiger partial charge in [0.15, 0.2) is 23.4 Å². The Labute approximate surface area is 158 Å². The molecule has 2 N–H and O–H groups in total. The summed E-state index contributed by atoms with van der Waals surface area (Å²) in [5.41, 5.74) is -0.238. The van der Waals surface area contributed by atoms with E-state index >= 15 is 0 Å². The van der Waals surface area contributed by atoms with E-state index in [2.05, 4.69) is 5.32 Å². The van der Waals surface area contributed by atoms with Crippen LogP contribution in [-0.4, -0.2) is 41.7 Å². The second-order valence-electron chi connectivity index (χ2n) is 8.62. The number of amides is 1. The van der Waals surface area contributed by atoms with E-state index in [1.54, 1.807) is 7.11 Å². The number of ketones is 1. The molecule has 0 radical (unpaired) electrons. The summed E-state index contributed by atoms with van der Waals surface area (Å²) in [5.74, 6) is 1.22. The largest absolute Gasteiger partial charge is 0.493 e. The third-order valence-corrected chi connectivity index (χ3v) is 7.44. The number of methoxy groups -OCH3 is 1. The Hall–Kier alpha value is -2.08. The van der Waals surface area contributed by atoms with Crippen LogP contribution in [0.4, 0.5) is 0 Å². The summed E-state index contributed by atoms with van der Waals surface area (Å²) >= 11 is 0. The number of aliphatic hydroxyl groups is 1. The molecule has 1 aliphatic heterocycles. The number of hydrogen-bond donors (Lipinski definition) is 2. The van der Waals surface area contributed by atoms with Crippen LogP contribution in [0.1, 0.15) is 50.2 Å². The summed E-state index contributed by atoms with van der Waals surface area (Å²) in [6.07, 6.45) is 3.27. The van der Waals surface area contributed by atoms with Crippen molar-refractivity contribution in [1.29, 1.82) is 0 Å². The molecule has 5 rings (SSSR count). The summed E-state index contributed by atoms with van der Waals surface area (Å²) in [5, 5.41) is 15.0. The molecule has 0 bridgehead atoms. The standard InChI is InChI=1S/C21H25NO5/c1-20-16-12-6-7-14(26-2)17(16)27-18(20)13(23)8-9-21(20,25)15(10-12)22-19(24)11-4-3-5-11/h6-7,11,15,18,25H,3-5,8-10H2,1-2H3,(H,22,24)/t15?,18-,20?,21+/m1/s1. The topological polar surface area (TPSA) is 84.9 Å². The molecule has 2 saturated carbocycles. The fourth-order valence-electron chi connectivity index (χ4n) is 5.58. The maximum atomic E-state index is 12.7. The van der Waals surface area contributed by atoms with E-state index in [-0.39, 0.29) is 24.0 Å². The van der Waals surface area contributed by atoms with E-state index in [1.165, 1.54) is 0 Å². The Morgan fingerprint density at radius 1 is 1.37 bits per heavy atom. The first-order valence-electron chi connectivity index (χ1n) is 9.82. The lowest BCUT2D eigenvalue weighted by Gasteiger charge is -2.55. The number of carbonyl (C=O) groups is 2. The number of Topliss-reactive ketones (excluding diaryl/α,β-unsaturated/α-hetero) is 1. The van der Waals surface area contributed by atoms with E-state index in [4.69, 9.17) is 9.47 Å². The van der Waals surface area contributed by atoms with Gasteiger partial charge in [0, 0.05) is 17.9 Å². The zero-order valence-electron chi connectivity index (χ0n) is 15.7. The van der Waals surface area contributed by atoms with Crippen LogP contribution in [-0.2, 0) is 21.4 Å². The third-order valence-electron chi connectivity index (χ3n) is 7.44. The molecule has 6 heteroatoms. The zero-order valence-corrected chi connectivity index (χ0v) is 15.7. The van der Waals surface area contributed by atoms with Gasteiger partial charge in [-0.25, -0.2) is 0 Å². The maximum absolute atomic E-state index is 12.7. The number of rotatable bonds is 3. The third kappa shape index (κ3) is 1.99. The molecule has 2 fully saturated rings. The summed E-state index contributed by atoms with van der Waals surface area (Å²) in [6.45, 7) is 1.91. The van der Waals surface area contributed by atoms with Gasteiger partial charge < -0.3 is 19.9 Å². The molecular weight excluding hydrogens is 346 g/mol. The molecule has 1 amide bonds. The quantitative estimate of drug-likeness (QED) is 0.844. The Morgan fingerprint density at radius 2 is 2.15 bits per heavy atom. The first-order valence-corrected chi connectivity index (χ1v) is 9.82. The molecule has 1 aromatic rings. The van der Waals surface area contributed by atoms with Crippen LogP contribution >= 0.6 is 0 Å². The minimum atomic E-state index is -1.23. The van der Waals surface area contributed by atoms with Gasteiger partial charge in [0.25, 0.3) is 0 Å². The van der Waals surface area contributed by atoms with Gasteiger partial charge in [-0.15, -0.1) is 0 Å². The molecule has 0 aromatic heterocycles. The van der Waals surface area contributed by atoms with Crippen molar-refractivity contribution in [2.45, 2.75) is 68.6 Å². The van der Waals surface area contributed by atoms with Crippen molar-refractivity contribution >= 4 is 11.7 Å². The Kier molecular flexibility index (Phi) is 3.46. The van der Waals surface area contributed by atoms with Crippen molar-refractivity contribution in [3.63, 3.8) is 0 Å². The van der Waals surface area contributed by atoms with Gasteiger partial charge in [-0.05, 0) is 44.2 Å². The smallest absolute Gasteiger partial charge is 0.223 e. The monoisotopic (exact) mass is 371 g/mol. The molecule has 6 nitrogen and oxygen atoms in total. The van der Waals surface area contributed by atoms with Crippen molar-refractivity contribution in [2.24, 2.45) is 5.92 Å². The van der Waals surface area contributed by atoms with Crippen LogP contribution in [0.2, 0.25) is 0 Å². The van der Waals surface area contributed by atoms with Gasteiger partial charge in [-0.1, -0.05) is 12.5 Å². The van der Waals surface area contributed by atoms with Gasteiger partial charge >= 0.3 is 0 Å². The van der Waals surface area contributed by atoms with Crippen molar-refractivity contribution in [3.05, 3.63) is 23.3 Å². The van der Waals surface area contributed by atoms with E-state index in [9.17, 15) is 14.7 Å². The molecule has 144 valence electrons. The molecule has 3 aliphatic carbocycles. The summed E-state index contributed by atoms with van der Waals surface area (Å²) in [7, 11) is 1.57. The van der Waals surface area contributed by atoms with E-state index in [1.807, 2.05) is 19.1 Å². The highest BCUT2D eigenvalue weighted by molar-refractivity contribution is 5.90. The molecule has 0 saturated heterocycles. The first-order chi connectivity index (χ1) is 12.9. The van der Waals surface area contributed by atoms with Crippen LogP contribution < -0.4 is 14.8 Å². The number of benzene rings is 1.